The first-order valence-electron chi connectivity index (χ1n) is 9.30. The molecule has 0 bridgehead atoms. The molecule has 0 aliphatic heterocycles. The van der Waals surface area contributed by atoms with Crippen molar-refractivity contribution in [1.29, 1.82) is 0 Å². The van der Waals surface area contributed by atoms with Crippen molar-refractivity contribution in [2.24, 2.45) is 0 Å². The van der Waals surface area contributed by atoms with Gasteiger partial charge in [0.15, 0.2) is 0 Å². The van der Waals surface area contributed by atoms with Crippen molar-refractivity contribution in [3.8, 4) is 0 Å². The highest BCUT2D eigenvalue weighted by Crippen LogP contribution is 2.35. The summed E-state index contributed by atoms with van der Waals surface area (Å²) in [6, 6.07) is 17.6. The van der Waals surface area contributed by atoms with Gasteiger partial charge in [0, 0.05) is 12.2 Å². The number of sulfone groups is 1. The molecule has 3 rings (SSSR count). The van der Waals surface area contributed by atoms with Crippen LogP contribution >= 0.6 is 0 Å². The van der Waals surface area contributed by atoms with Gasteiger partial charge in [-0.15, -0.1) is 6.58 Å². The van der Waals surface area contributed by atoms with Crippen molar-refractivity contribution >= 4 is 21.6 Å². The molecule has 2 aromatic carbocycles. The lowest BCUT2D eigenvalue weighted by atomic mass is 10.1. The molecule has 0 unspecified atom stereocenters. The van der Waals surface area contributed by atoms with Crippen LogP contribution in [0.15, 0.2) is 83.1 Å². The number of hydrogen-bond donors (Lipinski definition) is 1. The Bertz CT molecular complexity index is 1130. The average Bonchev–Trinajstić information content (AvgIpc) is 2.94. The fourth-order valence-corrected chi connectivity index (χ4v) is 5.04. The molecule has 0 aliphatic rings. The maximum Gasteiger partial charge on any atom is 0.229 e. The number of allylic oxidation sites excluding steroid dienone is 1. The molecule has 0 aliphatic carbocycles. The second kappa shape index (κ2) is 8.49. The molecule has 0 saturated heterocycles. The summed E-state index contributed by atoms with van der Waals surface area (Å²) in [7, 11) is -3.81. The first-order chi connectivity index (χ1) is 13.9. The van der Waals surface area contributed by atoms with E-state index in [2.05, 4.69) is 11.9 Å². The molecule has 0 spiro atoms. The summed E-state index contributed by atoms with van der Waals surface area (Å²) in [5.41, 5.74) is 2.24. The molecule has 1 heterocycles. The van der Waals surface area contributed by atoms with Gasteiger partial charge in [-0.1, -0.05) is 54.6 Å². The Hall–Kier alpha value is -3.12. The van der Waals surface area contributed by atoms with E-state index in [4.69, 9.17) is 0 Å². The number of carbonyl (C=O) groups excluding carboxylic acids is 1. The minimum Gasteiger partial charge on any atom is -0.327 e. The summed E-state index contributed by atoms with van der Waals surface area (Å²) in [5.74, 6) is 0.00760. The number of nitrogens with zero attached hydrogens (tertiary/aromatic N) is 1. The Balaban J connectivity index is 2.08. The molecule has 1 N–H and O–H groups in total. The van der Waals surface area contributed by atoms with E-state index in [0.29, 0.717) is 12.1 Å². The standard InChI is InChI=1S/C23H24N2O3S/c1-4-15-25-18(3)17(2)22(29(27,28)20-13-9-6-10-14-20)23(25)24-21(26)16-19-11-7-5-8-12-19/h4-14H,1,15-16H2,2-3H3,(H,24,26). The molecule has 0 saturated carbocycles. The maximum atomic E-state index is 13.4. The lowest BCUT2D eigenvalue weighted by molar-refractivity contribution is -0.115. The minimum atomic E-state index is -3.81. The van der Waals surface area contributed by atoms with Crippen molar-refractivity contribution in [2.45, 2.75) is 36.6 Å². The highest BCUT2D eigenvalue weighted by Gasteiger charge is 2.30. The van der Waals surface area contributed by atoms with E-state index < -0.39 is 9.84 Å². The Morgan fingerprint density at radius 3 is 2.21 bits per heavy atom. The third kappa shape index (κ3) is 4.17. The Morgan fingerprint density at radius 2 is 1.62 bits per heavy atom. The van der Waals surface area contributed by atoms with E-state index in [9.17, 15) is 13.2 Å². The van der Waals surface area contributed by atoms with Gasteiger partial charge in [0.2, 0.25) is 15.7 Å². The van der Waals surface area contributed by atoms with Gasteiger partial charge in [0.05, 0.1) is 11.3 Å². The molecule has 3 aromatic rings. The van der Waals surface area contributed by atoms with Gasteiger partial charge in [-0.2, -0.15) is 0 Å². The largest absolute Gasteiger partial charge is 0.327 e. The zero-order chi connectivity index (χ0) is 21.0. The summed E-state index contributed by atoms with van der Waals surface area (Å²) in [4.78, 5) is 13.1. The zero-order valence-electron chi connectivity index (χ0n) is 16.6. The number of nitrogens with one attached hydrogen (secondary N) is 1. The molecule has 1 aromatic heterocycles. The van der Waals surface area contributed by atoms with Crippen molar-refractivity contribution in [3.63, 3.8) is 0 Å². The van der Waals surface area contributed by atoms with Gasteiger partial charge in [-0.3, -0.25) is 4.79 Å². The van der Waals surface area contributed by atoms with Crippen LogP contribution in [0.5, 0.6) is 0 Å². The van der Waals surface area contributed by atoms with Crippen LogP contribution < -0.4 is 5.32 Å². The smallest absolute Gasteiger partial charge is 0.229 e. The fraction of sp³-hybridized carbons (Fsp3) is 0.174. The van der Waals surface area contributed by atoms with Crippen LogP contribution in [0.4, 0.5) is 5.82 Å². The average molecular weight is 409 g/mol. The van der Waals surface area contributed by atoms with Gasteiger partial charge >= 0.3 is 0 Å². The fourth-order valence-electron chi connectivity index (χ4n) is 3.32. The van der Waals surface area contributed by atoms with E-state index in [1.54, 1.807) is 47.9 Å². The first kappa shape index (κ1) is 20.6. The molecule has 1 amide bonds. The number of anilines is 1. The number of carbonyl (C=O) groups is 1. The van der Waals surface area contributed by atoms with E-state index in [-0.39, 0.29) is 27.9 Å². The predicted molar refractivity (Wildman–Crippen MR) is 115 cm³/mol. The van der Waals surface area contributed by atoms with E-state index in [1.165, 1.54) is 0 Å². The number of hydrogen-bond acceptors (Lipinski definition) is 3. The SMILES string of the molecule is C=CCn1c(C)c(C)c(S(=O)(=O)c2ccccc2)c1NC(=O)Cc1ccccc1. The van der Waals surface area contributed by atoms with Gasteiger partial charge in [0.25, 0.3) is 0 Å². The normalized spacial score (nSPS) is 11.2. The first-order valence-corrected chi connectivity index (χ1v) is 10.8. The quantitative estimate of drug-likeness (QED) is 0.593. The van der Waals surface area contributed by atoms with Gasteiger partial charge in [-0.05, 0) is 37.1 Å². The van der Waals surface area contributed by atoms with Crippen molar-refractivity contribution in [3.05, 3.63) is 90.1 Å². The second-order valence-electron chi connectivity index (χ2n) is 6.81. The van der Waals surface area contributed by atoms with Gasteiger partial charge in [-0.25, -0.2) is 8.42 Å². The molecule has 150 valence electrons. The van der Waals surface area contributed by atoms with Gasteiger partial charge in [0.1, 0.15) is 10.7 Å². The summed E-state index contributed by atoms with van der Waals surface area (Å²) in [5, 5.41) is 2.85. The summed E-state index contributed by atoms with van der Waals surface area (Å²) >= 11 is 0. The Kier molecular flexibility index (Phi) is 6.03. The van der Waals surface area contributed by atoms with Crippen LogP contribution in [0.25, 0.3) is 0 Å². The van der Waals surface area contributed by atoms with Crippen LogP contribution in [-0.4, -0.2) is 18.9 Å². The molecule has 5 nitrogen and oxygen atoms in total. The number of aromatic nitrogens is 1. The van der Waals surface area contributed by atoms with E-state index in [1.807, 2.05) is 37.3 Å². The lowest BCUT2D eigenvalue weighted by Gasteiger charge is -2.13. The van der Waals surface area contributed by atoms with Crippen molar-refractivity contribution in [2.75, 3.05) is 5.32 Å². The molecule has 29 heavy (non-hydrogen) atoms. The highest BCUT2D eigenvalue weighted by molar-refractivity contribution is 7.91. The van der Waals surface area contributed by atoms with Crippen LogP contribution in [-0.2, 0) is 27.6 Å². The van der Waals surface area contributed by atoms with Gasteiger partial charge < -0.3 is 9.88 Å². The Morgan fingerprint density at radius 1 is 1.03 bits per heavy atom. The maximum absolute atomic E-state index is 13.4. The van der Waals surface area contributed by atoms with Crippen LogP contribution in [0.2, 0.25) is 0 Å². The number of benzene rings is 2. The summed E-state index contributed by atoms with van der Waals surface area (Å²) in [6.07, 6.45) is 1.83. The minimum absolute atomic E-state index is 0.129. The van der Waals surface area contributed by atoms with Crippen LogP contribution in [0.3, 0.4) is 0 Å². The molecular formula is C23H24N2O3S. The second-order valence-corrected chi connectivity index (χ2v) is 8.70. The van der Waals surface area contributed by atoms with Crippen LogP contribution in [0.1, 0.15) is 16.8 Å². The lowest BCUT2D eigenvalue weighted by Crippen LogP contribution is -2.19. The summed E-state index contributed by atoms with van der Waals surface area (Å²) < 4.78 is 28.6. The van der Waals surface area contributed by atoms with Crippen molar-refractivity contribution < 1.29 is 13.2 Å². The van der Waals surface area contributed by atoms with Crippen LogP contribution in [0, 0.1) is 13.8 Å². The van der Waals surface area contributed by atoms with E-state index in [0.717, 1.165) is 11.3 Å². The molecule has 0 atom stereocenters. The topological polar surface area (TPSA) is 68.2 Å². The molecular weight excluding hydrogens is 384 g/mol. The predicted octanol–water partition coefficient (Wildman–Crippen LogP) is 4.30. The van der Waals surface area contributed by atoms with Crippen molar-refractivity contribution in [1.82, 2.24) is 4.57 Å². The molecule has 0 fully saturated rings. The molecule has 6 heteroatoms. The summed E-state index contributed by atoms with van der Waals surface area (Å²) in [6.45, 7) is 7.75. The third-order valence-electron chi connectivity index (χ3n) is 4.87. The number of rotatable bonds is 7. The Labute approximate surface area is 171 Å². The monoisotopic (exact) mass is 408 g/mol. The zero-order valence-corrected chi connectivity index (χ0v) is 17.4. The van der Waals surface area contributed by atoms with E-state index >= 15 is 0 Å². The number of amides is 1. The highest BCUT2D eigenvalue weighted by atomic mass is 32.2. The molecule has 0 radical (unpaired) electrons. The third-order valence-corrected chi connectivity index (χ3v) is 6.80.